The van der Waals surface area contributed by atoms with Gasteiger partial charge in [-0.25, -0.2) is 4.79 Å². The van der Waals surface area contributed by atoms with Crippen molar-refractivity contribution >= 4 is 41.6 Å². The van der Waals surface area contributed by atoms with Crippen LogP contribution in [-0.4, -0.2) is 95.7 Å². The second-order valence-electron chi connectivity index (χ2n) is 14.2. The lowest BCUT2D eigenvalue weighted by molar-refractivity contribution is -0.133. The first-order valence-electron chi connectivity index (χ1n) is 19.1. The van der Waals surface area contributed by atoms with E-state index in [4.69, 9.17) is 21.9 Å². The Labute approximate surface area is 342 Å². The summed E-state index contributed by atoms with van der Waals surface area (Å²) < 4.78 is 5.59. The molecule has 0 aliphatic heterocycles. The first-order valence-corrected chi connectivity index (χ1v) is 19.1. The van der Waals surface area contributed by atoms with E-state index in [1.807, 2.05) is 54.6 Å². The summed E-state index contributed by atoms with van der Waals surface area (Å²) in [6.45, 7) is 3.84. The molecule has 0 heterocycles. The van der Waals surface area contributed by atoms with Crippen molar-refractivity contribution in [2.75, 3.05) is 19.7 Å². The normalized spacial score (nSPS) is 13.5. The first kappa shape index (κ1) is 46.8. The van der Waals surface area contributed by atoms with E-state index < -0.39 is 78.5 Å². The summed E-state index contributed by atoms with van der Waals surface area (Å²) in [5.41, 5.74) is 19.9. The molecular weight excluding hydrogens is 763 g/mol. The van der Waals surface area contributed by atoms with E-state index in [0.717, 1.165) is 16.7 Å². The van der Waals surface area contributed by atoms with Gasteiger partial charge in [-0.2, -0.15) is 0 Å². The highest BCUT2D eigenvalue weighted by Gasteiger charge is 2.28. The molecule has 18 heteroatoms. The van der Waals surface area contributed by atoms with Crippen LogP contribution in [-0.2, 0) is 40.7 Å². The molecule has 3 aromatic rings. The molecule has 0 saturated carbocycles. The van der Waals surface area contributed by atoms with Gasteiger partial charge in [-0.15, -0.1) is 0 Å². The van der Waals surface area contributed by atoms with E-state index in [-0.39, 0.29) is 43.9 Å². The van der Waals surface area contributed by atoms with Crippen LogP contribution in [0.4, 0.5) is 4.79 Å². The maximum absolute atomic E-state index is 12.9. The number of alkyl carbamates (subject to hydrolysis) is 1. The standard InChI is InChI=1S/C41H55N9O9/c1-4-9-32(49-36(55)30(42)22-25-13-19-29(52)20-14-25)37(56)46-23-34(53)47-33(24-51)38(57)48-31(35(43)54)12-8-21-45-39(44)50-40(58)59-41(2,3)28-17-15-27(16-18-28)26-10-6-5-7-11-26/h5-7,10-11,13-20,30-33,51-52H,4,8-9,12,21-24,42H2,1-3H3,(H2,43,54)(H,46,56)(H,47,53)(H,48,57)(H,49,55)(H3,44,45,50,58). The molecule has 59 heavy (non-hydrogen) atoms. The summed E-state index contributed by atoms with van der Waals surface area (Å²) in [7, 11) is 0. The molecule has 0 aromatic heterocycles. The molecule has 6 amide bonds. The number of hydrogen-bond acceptors (Lipinski definition) is 11. The highest BCUT2D eigenvalue weighted by Crippen LogP contribution is 2.28. The molecule has 0 radical (unpaired) electrons. The first-order chi connectivity index (χ1) is 28.0. The Morgan fingerprint density at radius 2 is 1.41 bits per heavy atom. The van der Waals surface area contributed by atoms with Crippen LogP contribution < -0.4 is 43.8 Å². The summed E-state index contributed by atoms with van der Waals surface area (Å²) in [5.74, 6) is -4.08. The third-order valence-corrected chi connectivity index (χ3v) is 9.05. The highest BCUT2D eigenvalue weighted by molar-refractivity contribution is 5.95. The number of hydrogen-bond donors (Lipinski definition) is 10. The number of phenolic OH excluding ortho intramolecular Hbond substituents is 1. The molecule has 0 saturated heterocycles. The van der Waals surface area contributed by atoms with Crippen LogP contribution in [0.25, 0.3) is 11.1 Å². The van der Waals surface area contributed by atoms with E-state index >= 15 is 0 Å². The average molecular weight is 818 g/mol. The lowest BCUT2D eigenvalue weighted by Crippen LogP contribution is -2.56. The second-order valence-corrected chi connectivity index (χ2v) is 14.2. The van der Waals surface area contributed by atoms with Crippen molar-refractivity contribution in [3.8, 4) is 16.9 Å². The predicted molar refractivity (Wildman–Crippen MR) is 220 cm³/mol. The molecule has 318 valence electrons. The van der Waals surface area contributed by atoms with E-state index in [0.29, 0.717) is 12.0 Å². The van der Waals surface area contributed by atoms with Gasteiger partial charge in [0.05, 0.1) is 19.2 Å². The van der Waals surface area contributed by atoms with Gasteiger partial charge >= 0.3 is 6.09 Å². The van der Waals surface area contributed by atoms with E-state index in [1.54, 1.807) is 32.9 Å². The SMILES string of the molecule is CCCC(NC(=O)C(N)Cc1ccc(O)cc1)C(=O)NCC(=O)NC(CO)C(=O)NC(CCCN=C(N)NC(=O)OC(C)(C)c1ccc(-c2ccccc2)cc1)C(N)=O. The smallest absolute Gasteiger partial charge is 0.414 e. The average Bonchev–Trinajstić information content (AvgIpc) is 3.20. The van der Waals surface area contributed by atoms with Crippen LogP contribution in [0.15, 0.2) is 83.9 Å². The summed E-state index contributed by atoms with van der Waals surface area (Å²) in [6, 6.07) is 18.9. The third kappa shape index (κ3) is 15.7. The van der Waals surface area contributed by atoms with Gasteiger partial charge in [0.1, 0.15) is 29.5 Å². The van der Waals surface area contributed by atoms with Crippen molar-refractivity contribution < 1.29 is 43.7 Å². The number of primary amides is 1. The van der Waals surface area contributed by atoms with E-state index in [9.17, 15) is 39.0 Å². The number of amides is 6. The fourth-order valence-corrected chi connectivity index (χ4v) is 5.75. The van der Waals surface area contributed by atoms with Crippen molar-refractivity contribution in [3.05, 3.63) is 90.0 Å². The monoisotopic (exact) mass is 817 g/mol. The number of ether oxygens (including phenoxy) is 1. The Balaban J connectivity index is 1.42. The number of aromatic hydroxyl groups is 1. The lowest BCUT2D eigenvalue weighted by Gasteiger charge is -2.26. The summed E-state index contributed by atoms with van der Waals surface area (Å²) >= 11 is 0. The van der Waals surface area contributed by atoms with Crippen LogP contribution >= 0.6 is 0 Å². The van der Waals surface area contributed by atoms with Crippen LogP contribution in [0.1, 0.15) is 57.6 Å². The number of nitrogens with zero attached hydrogens (tertiary/aromatic N) is 1. The van der Waals surface area contributed by atoms with E-state index in [1.165, 1.54) is 12.1 Å². The minimum Gasteiger partial charge on any atom is -0.508 e. The highest BCUT2D eigenvalue weighted by atomic mass is 16.6. The number of carbonyl (C=O) groups is 6. The van der Waals surface area contributed by atoms with Gasteiger partial charge in [0.15, 0.2) is 5.96 Å². The van der Waals surface area contributed by atoms with Gasteiger partial charge in [-0.3, -0.25) is 34.3 Å². The molecule has 3 aromatic carbocycles. The zero-order valence-electron chi connectivity index (χ0n) is 33.4. The Hall–Kier alpha value is -6.53. The number of aliphatic imine (C=N–C) groups is 1. The summed E-state index contributed by atoms with van der Waals surface area (Å²) in [4.78, 5) is 79.9. The van der Waals surface area contributed by atoms with Gasteiger partial charge in [0, 0.05) is 6.54 Å². The number of rotatable bonds is 21. The summed E-state index contributed by atoms with van der Waals surface area (Å²) in [6.07, 6.45) is 0.259. The zero-order valence-corrected chi connectivity index (χ0v) is 33.4. The van der Waals surface area contributed by atoms with Crippen molar-refractivity contribution in [1.82, 2.24) is 26.6 Å². The predicted octanol–water partition coefficient (Wildman–Crippen LogP) is 0.534. The fraction of sp³-hybridized carbons (Fsp3) is 0.390. The number of benzene rings is 3. The van der Waals surface area contributed by atoms with Crippen LogP contribution in [0.5, 0.6) is 5.75 Å². The molecule has 13 N–H and O–H groups in total. The Bertz CT molecular complexity index is 1910. The number of nitrogens with two attached hydrogens (primary N) is 3. The third-order valence-electron chi connectivity index (χ3n) is 9.05. The van der Waals surface area contributed by atoms with Gasteiger partial charge in [-0.1, -0.05) is 80.1 Å². The molecule has 0 spiro atoms. The molecule has 0 aliphatic rings. The van der Waals surface area contributed by atoms with Crippen molar-refractivity contribution in [2.24, 2.45) is 22.2 Å². The molecule has 18 nitrogen and oxygen atoms in total. The maximum Gasteiger partial charge on any atom is 0.414 e. The molecule has 4 atom stereocenters. The molecule has 3 rings (SSSR count). The van der Waals surface area contributed by atoms with Crippen LogP contribution in [0.2, 0.25) is 0 Å². The topological polar surface area (TPSA) is 303 Å². The molecule has 0 aliphatic carbocycles. The zero-order chi connectivity index (χ0) is 43.5. The van der Waals surface area contributed by atoms with Gasteiger partial charge in [0.2, 0.25) is 29.5 Å². The Morgan fingerprint density at radius 3 is 2.02 bits per heavy atom. The minimum atomic E-state index is -1.50. The molecule has 4 unspecified atom stereocenters. The number of carbonyl (C=O) groups excluding carboxylic acids is 6. The number of aliphatic hydroxyl groups excluding tert-OH is 1. The van der Waals surface area contributed by atoms with Crippen LogP contribution in [0, 0.1) is 0 Å². The lowest BCUT2D eigenvalue weighted by atomic mass is 9.95. The number of guanidine groups is 1. The van der Waals surface area contributed by atoms with Crippen molar-refractivity contribution in [3.63, 3.8) is 0 Å². The van der Waals surface area contributed by atoms with Gasteiger partial charge < -0.3 is 53.4 Å². The summed E-state index contributed by atoms with van der Waals surface area (Å²) in [5, 5.41) is 31.3. The fourth-order valence-electron chi connectivity index (χ4n) is 5.75. The quantitative estimate of drug-likeness (QED) is 0.0402. The number of nitrogens with one attached hydrogen (secondary N) is 5. The van der Waals surface area contributed by atoms with Crippen LogP contribution in [0.3, 0.4) is 0 Å². The maximum atomic E-state index is 12.9. The Morgan fingerprint density at radius 1 is 0.780 bits per heavy atom. The molecule has 0 bridgehead atoms. The Kier molecular flexibility index (Phi) is 18.3. The largest absolute Gasteiger partial charge is 0.508 e. The molecular formula is C41H55N9O9. The number of phenols is 1. The second kappa shape index (κ2) is 23.0. The van der Waals surface area contributed by atoms with E-state index in [2.05, 4.69) is 31.6 Å². The van der Waals surface area contributed by atoms with Gasteiger partial charge in [0.25, 0.3) is 0 Å². The molecule has 0 fully saturated rings. The number of aliphatic hydroxyl groups is 1. The van der Waals surface area contributed by atoms with Crippen molar-refractivity contribution in [1.29, 1.82) is 0 Å². The minimum absolute atomic E-state index is 0.000403. The van der Waals surface area contributed by atoms with Crippen molar-refractivity contribution in [2.45, 2.75) is 82.6 Å². The van der Waals surface area contributed by atoms with Gasteiger partial charge in [-0.05, 0) is 73.9 Å².